The first kappa shape index (κ1) is 27.9. The van der Waals surface area contributed by atoms with Crippen molar-refractivity contribution < 1.29 is 14.3 Å². The second-order valence-electron chi connectivity index (χ2n) is 7.39. The van der Waals surface area contributed by atoms with E-state index >= 15 is 0 Å². The highest BCUT2D eigenvalue weighted by atomic mass is 35.5. The molecule has 0 unspecified atom stereocenters. The second kappa shape index (κ2) is 14.8. The lowest BCUT2D eigenvalue weighted by Crippen LogP contribution is -2.35. The highest BCUT2D eigenvalue weighted by molar-refractivity contribution is 7.80. The van der Waals surface area contributed by atoms with Gasteiger partial charge < -0.3 is 25.6 Å². The van der Waals surface area contributed by atoms with Gasteiger partial charge in [0.05, 0.1) is 11.6 Å². The van der Waals surface area contributed by atoms with Crippen LogP contribution in [0.4, 0.5) is 5.69 Å². The summed E-state index contributed by atoms with van der Waals surface area (Å²) in [7, 11) is 0. The number of carbonyl (C=O) groups is 2. The minimum atomic E-state index is -0.229. The van der Waals surface area contributed by atoms with Crippen LogP contribution in [-0.2, 0) is 4.79 Å². The molecule has 0 atom stereocenters. The van der Waals surface area contributed by atoms with E-state index in [2.05, 4.69) is 34.7 Å². The highest BCUT2D eigenvalue weighted by Gasteiger charge is 2.09. The zero-order valence-electron chi connectivity index (χ0n) is 19.3. The lowest BCUT2D eigenvalue weighted by molar-refractivity contribution is -0.119. The molecule has 0 aliphatic carbocycles. The van der Waals surface area contributed by atoms with Crippen LogP contribution in [0.25, 0.3) is 0 Å². The number of benzene rings is 2. The number of nitrogens with one attached hydrogen (secondary N) is 3. The molecule has 3 N–H and O–H groups in total. The molecule has 0 fully saturated rings. The third-order valence-corrected chi connectivity index (χ3v) is 5.70. The smallest absolute Gasteiger partial charge is 0.251 e. The molecule has 34 heavy (non-hydrogen) atoms. The summed E-state index contributed by atoms with van der Waals surface area (Å²) in [6.45, 7) is 7.83. The maximum atomic E-state index is 12.3. The number of likely N-dealkylation sites (N-methyl/N-ethyl adjacent to an activating group) is 1. The average Bonchev–Trinajstić information content (AvgIpc) is 2.81. The minimum Gasteiger partial charge on any atom is -0.492 e. The number of carbonyl (C=O) groups excluding carboxylic acids is 2. The van der Waals surface area contributed by atoms with Gasteiger partial charge in [-0.3, -0.25) is 9.59 Å². The van der Waals surface area contributed by atoms with E-state index in [-0.39, 0.29) is 23.3 Å². The topological polar surface area (TPSA) is 82.7 Å². The highest BCUT2D eigenvalue weighted by Crippen LogP contribution is 2.27. The first-order valence-electron chi connectivity index (χ1n) is 11.1. The summed E-state index contributed by atoms with van der Waals surface area (Å²) in [5.41, 5.74) is 1.23. The minimum absolute atomic E-state index is 0.128. The molecular weight excluding hydrogens is 495 g/mol. The van der Waals surface area contributed by atoms with Crippen LogP contribution in [0.15, 0.2) is 42.5 Å². The molecule has 2 aromatic carbocycles. The maximum Gasteiger partial charge on any atom is 0.251 e. The molecule has 0 aliphatic rings. The van der Waals surface area contributed by atoms with Crippen LogP contribution in [-0.4, -0.2) is 54.6 Å². The van der Waals surface area contributed by atoms with E-state index in [1.807, 2.05) is 0 Å². The van der Waals surface area contributed by atoms with Gasteiger partial charge in [0.25, 0.3) is 5.91 Å². The van der Waals surface area contributed by atoms with Crippen LogP contribution in [0, 0.1) is 0 Å². The lowest BCUT2D eigenvalue weighted by Gasteiger charge is -2.18. The van der Waals surface area contributed by atoms with Gasteiger partial charge in [-0.25, -0.2) is 0 Å². The summed E-state index contributed by atoms with van der Waals surface area (Å²) in [6.07, 6.45) is 0.727. The van der Waals surface area contributed by atoms with Gasteiger partial charge in [0.2, 0.25) is 5.91 Å². The van der Waals surface area contributed by atoms with Gasteiger partial charge in [-0.2, -0.15) is 0 Å². The number of hydrogen-bond acceptors (Lipinski definition) is 5. The molecule has 0 aliphatic heterocycles. The second-order valence-corrected chi connectivity index (χ2v) is 8.64. The van der Waals surface area contributed by atoms with E-state index < -0.39 is 0 Å². The predicted octanol–water partition coefficient (Wildman–Crippen LogP) is 4.74. The summed E-state index contributed by atoms with van der Waals surface area (Å²) in [4.78, 5) is 26.6. The molecule has 2 amide bonds. The van der Waals surface area contributed by atoms with Crippen molar-refractivity contribution >= 4 is 58.0 Å². The summed E-state index contributed by atoms with van der Waals surface area (Å²) < 4.78 is 5.57. The fourth-order valence-corrected chi connectivity index (χ4v) is 3.73. The molecule has 0 saturated carbocycles. The number of amides is 2. The Morgan fingerprint density at radius 3 is 2.41 bits per heavy atom. The normalized spacial score (nSPS) is 10.6. The van der Waals surface area contributed by atoms with Gasteiger partial charge in [0.1, 0.15) is 5.75 Å². The van der Waals surface area contributed by atoms with Crippen LogP contribution in [0.1, 0.15) is 37.0 Å². The molecule has 2 rings (SSSR count). The van der Waals surface area contributed by atoms with Crippen molar-refractivity contribution in [2.24, 2.45) is 0 Å². The first-order chi connectivity index (χ1) is 16.3. The first-order valence-corrected chi connectivity index (χ1v) is 12.3. The number of rotatable bonds is 12. The molecule has 0 saturated heterocycles. The summed E-state index contributed by atoms with van der Waals surface area (Å²) in [5.74, 6) is 0.161. The average molecular weight is 526 g/mol. The Bertz CT molecular complexity index is 969. The van der Waals surface area contributed by atoms with Gasteiger partial charge in [-0.15, -0.1) is 0 Å². The Morgan fingerprint density at radius 2 is 1.76 bits per heavy atom. The van der Waals surface area contributed by atoms with Gasteiger partial charge in [0, 0.05) is 35.8 Å². The Morgan fingerprint density at radius 1 is 1.06 bits per heavy atom. The van der Waals surface area contributed by atoms with E-state index in [0.717, 1.165) is 19.6 Å². The Labute approximate surface area is 216 Å². The predicted molar refractivity (Wildman–Crippen MR) is 142 cm³/mol. The van der Waals surface area contributed by atoms with Gasteiger partial charge in [0.15, 0.2) is 5.11 Å². The Kier molecular flexibility index (Phi) is 12.1. The van der Waals surface area contributed by atoms with Crippen molar-refractivity contribution in [2.45, 2.75) is 26.7 Å². The quantitative estimate of drug-likeness (QED) is 0.275. The van der Waals surface area contributed by atoms with Crippen LogP contribution < -0.4 is 20.7 Å². The van der Waals surface area contributed by atoms with Crippen molar-refractivity contribution in [3.63, 3.8) is 0 Å². The van der Waals surface area contributed by atoms with Gasteiger partial charge in [-0.05, 0) is 74.2 Å². The van der Waals surface area contributed by atoms with E-state index in [1.165, 1.54) is 0 Å². The number of thiocarbonyl (C=S) groups is 1. The lowest BCUT2D eigenvalue weighted by atomic mass is 10.2. The van der Waals surface area contributed by atoms with Crippen molar-refractivity contribution in [2.75, 3.05) is 38.1 Å². The van der Waals surface area contributed by atoms with E-state index in [0.29, 0.717) is 46.6 Å². The molecule has 184 valence electrons. The summed E-state index contributed by atoms with van der Waals surface area (Å²) in [5, 5.41) is 9.62. The van der Waals surface area contributed by atoms with Crippen LogP contribution in [0.5, 0.6) is 5.75 Å². The molecule has 0 aromatic heterocycles. The number of nitrogens with zero attached hydrogens (tertiary/aromatic N) is 1. The van der Waals surface area contributed by atoms with Crippen LogP contribution >= 0.6 is 35.4 Å². The van der Waals surface area contributed by atoms with Crippen LogP contribution in [0.2, 0.25) is 10.0 Å². The van der Waals surface area contributed by atoms with Crippen molar-refractivity contribution in [1.29, 1.82) is 0 Å². The SMILES string of the molecule is CCN(CC)CCNC(=O)c1ccc(NC(=S)NC(=O)CCCOc2ccc(Cl)cc2Cl)cc1. The number of hydrogen-bond donors (Lipinski definition) is 3. The van der Waals surface area contributed by atoms with E-state index in [4.69, 9.17) is 40.2 Å². The third kappa shape index (κ3) is 9.85. The zero-order chi connectivity index (χ0) is 24.9. The molecule has 0 radical (unpaired) electrons. The standard InChI is InChI=1S/C24H30Cl2N4O3S/c1-3-30(4-2)14-13-27-23(32)17-7-10-19(11-8-17)28-24(34)29-22(31)6-5-15-33-21-12-9-18(25)16-20(21)26/h7-12,16H,3-6,13-15H2,1-2H3,(H,27,32)(H2,28,29,31,34). The fourth-order valence-electron chi connectivity index (χ4n) is 3.03. The molecule has 2 aromatic rings. The summed E-state index contributed by atoms with van der Waals surface area (Å²) in [6, 6.07) is 11.9. The van der Waals surface area contributed by atoms with Gasteiger partial charge in [-0.1, -0.05) is 37.0 Å². The third-order valence-electron chi connectivity index (χ3n) is 4.97. The maximum absolute atomic E-state index is 12.3. The Hall–Kier alpha value is -2.39. The number of ether oxygens (including phenoxy) is 1. The van der Waals surface area contributed by atoms with Crippen molar-refractivity contribution in [3.05, 3.63) is 58.1 Å². The zero-order valence-corrected chi connectivity index (χ0v) is 21.7. The molecule has 0 spiro atoms. The van der Waals surface area contributed by atoms with Crippen molar-refractivity contribution in [1.82, 2.24) is 15.5 Å². The number of anilines is 1. The molecule has 0 heterocycles. The fraction of sp³-hybridized carbons (Fsp3) is 0.375. The monoisotopic (exact) mass is 524 g/mol. The largest absolute Gasteiger partial charge is 0.492 e. The van der Waals surface area contributed by atoms with Crippen molar-refractivity contribution in [3.8, 4) is 5.75 Å². The molecule has 7 nitrogen and oxygen atoms in total. The van der Waals surface area contributed by atoms with Gasteiger partial charge >= 0.3 is 0 Å². The van der Waals surface area contributed by atoms with E-state index in [9.17, 15) is 9.59 Å². The van der Waals surface area contributed by atoms with Crippen LogP contribution in [0.3, 0.4) is 0 Å². The number of halogens is 2. The molecule has 10 heteroatoms. The summed E-state index contributed by atoms with van der Waals surface area (Å²) >= 11 is 17.1. The Balaban J connectivity index is 1.68. The molecular formula is C24H30Cl2N4O3S. The van der Waals surface area contributed by atoms with E-state index in [1.54, 1.807) is 42.5 Å². The molecule has 0 bridgehead atoms.